The lowest BCUT2D eigenvalue weighted by molar-refractivity contribution is -0.145. The van der Waals surface area contributed by atoms with Crippen molar-refractivity contribution in [3.05, 3.63) is 26.6 Å². The van der Waals surface area contributed by atoms with Crippen molar-refractivity contribution in [3.63, 3.8) is 0 Å². The summed E-state index contributed by atoms with van der Waals surface area (Å²) in [5, 5.41) is 9.56. The standard InChI is InChI=1S/C13H15N3O4S/c1-5-7-10(21-8(5)9(14)17)15-6(2)16(11(7)18)13(3,4)12(19)20/h1-4H3,(H2,14,17)(H,19,20). The van der Waals surface area contributed by atoms with Gasteiger partial charge in [0.25, 0.3) is 11.5 Å². The molecule has 2 rings (SSSR count). The smallest absolute Gasteiger partial charge is 0.329 e. The zero-order valence-electron chi connectivity index (χ0n) is 12.1. The molecule has 112 valence electrons. The van der Waals surface area contributed by atoms with Crippen LogP contribution in [0.25, 0.3) is 10.2 Å². The van der Waals surface area contributed by atoms with Gasteiger partial charge in [0.05, 0.1) is 10.3 Å². The number of amides is 1. The van der Waals surface area contributed by atoms with Crippen LogP contribution in [0.2, 0.25) is 0 Å². The molecule has 8 heteroatoms. The summed E-state index contributed by atoms with van der Waals surface area (Å²) >= 11 is 1.04. The van der Waals surface area contributed by atoms with Gasteiger partial charge in [0.15, 0.2) is 0 Å². The summed E-state index contributed by atoms with van der Waals surface area (Å²) in [4.78, 5) is 40.4. The Morgan fingerprint density at radius 1 is 1.33 bits per heavy atom. The van der Waals surface area contributed by atoms with E-state index in [0.29, 0.717) is 10.4 Å². The minimum absolute atomic E-state index is 0.244. The topological polar surface area (TPSA) is 115 Å². The van der Waals surface area contributed by atoms with Gasteiger partial charge >= 0.3 is 5.97 Å². The first kappa shape index (κ1) is 15.2. The van der Waals surface area contributed by atoms with Gasteiger partial charge in [-0.25, -0.2) is 9.78 Å². The van der Waals surface area contributed by atoms with Gasteiger partial charge in [-0.1, -0.05) is 0 Å². The maximum absolute atomic E-state index is 12.7. The molecular weight excluding hydrogens is 294 g/mol. The number of fused-ring (bicyclic) bond motifs is 1. The average Bonchev–Trinajstić information content (AvgIpc) is 2.65. The zero-order valence-corrected chi connectivity index (χ0v) is 12.9. The molecule has 0 unspecified atom stereocenters. The second-order valence-electron chi connectivity index (χ2n) is 5.26. The molecule has 0 aliphatic rings. The highest BCUT2D eigenvalue weighted by atomic mass is 32.1. The molecule has 0 aromatic carbocycles. The quantitative estimate of drug-likeness (QED) is 0.877. The van der Waals surface area contributed by atoms with Gasteiger partial charge in [-0.15, -0.1) is 11.3 Å². The van der Waals surface area contributed by atoms with Crippen molar-refractivity contribution in [1.82, 2.24) is 9.55 Å². The van der Waals surface area contributed by atoms with Gasteiger partial charge in [0.1, 0.15) is 16.2 Å². The fourth-order valence-corrected chi connectivity index (χ4v) is 3.34. The highest BCUT2D eigenvalue weighted by molar-refractivity contribution is 7.20. The lowest BCUT2D eigenvalue weighted by Gasteiger charge is -2.24. The predicted molar refractivity (Wildman–Crippen MR) is 78.8 cm³/mol. The van der Waals surface area contributed by atoms with Crippen molar-refractivity contribution < 1.29 is 14.7 Å². The third-order valence-corrected chi connectivity index (χ3v) is 4.64. The molecule has 0 aliphatic heterocycles. The molecule has 1 amide bonds. The van der Waals surface area contributed by atoms with Gasteiger partial charge in [-0.2, -0.15) is 0 Å². The molecule has 3 N–H and O–H groups in total. The van der Waals surface area contributed by atoms with Crippen LogP contribution in [0.15, 0.2) is 4.79 Å². The Balaban J connectivity index is 2.95. The lowest BCUT2D eigenvalue weighted by Crippen LogP contribution is -2.44. The van der Waals surface area contributed by atoms with Crippen LogP contribution in [0, 0.1) is 13.8 Å². The molecule has 2 aromatic rings. The van der Waals surface area contributed by atoms with Gasteiger partial charge in [0, 0.05) is 0 Å². The molecule has 0 aliphatic carbocycles. The van der Waals surface area contributed by atoms with Crippen molar-refractivity contribution in [1.29, 1.82) is 0 Å². The number of hydrogen-bond acceptors (Lipinski definition) is 5. The van der Waals surface area contributed by atoms with Crippen LogP contribution in [0.4, 0.5) is 0 Å². The number of aromatic nitrogens is 2. The number of primary amides is 1. The Morgan fingerprint density at radius 2 is 1.90 bits per heavy atom. The van der Waals surface area contributed by atoms with Crippen molar-refractivity contribution in [3.8, 4) is 0 Å². The fraction of sp³-hybridized carbons (Fsp3) is 0.385. The maximum Gasteiger partial charge on any atom is 0.329 e. The predicted octanol–water partition coefficient (Wildman–Crippen LogP) is 0.993. The molecule has 0 bridgehead atoms. The Labute approximate surface area is 124 Å². The van der Waals surface area contributed by atoms with Crippen LogP contribution >= 0.6 is 11.3 Å². The van der Waals surface area contributed by atoms with Crippen LogP contribution in [0.1, 0.15) is 34.9 Å². The summed E-state index contributed by atoms with van der Waals surface area (Å²) in [6.07, 6.45) is 0. The molecule has 21 heavy (non-hydrogen) atoms. The summed E-state index contributed by atoms with van der Waals surface area (Å²) in [6.45, 7) is 6.02. The monoisotopic (exact) mass is 309 g/mol. The van der Waals surface area contributed by atoms with E-state index in [-0.39, 0.29) is 16.1 Å². The summed E-state index contributed by atoms with van der Waals surface area (Å²) in [5.74, 6) is -1.49. The number of aliphatic carboxylic acids is 1. The number of carbonyl (C=O) groups is 2. The minimum atomic E-state index is -1.44. The first-order valence-electron chi connectivity index (χ1n) is 6.15. The number of hydrogen-bond donors (Lipinski definition) is 2. The second-order valence-corrected chi connectivity index (χ2v) is 6.26. The fourth-order valence-electron chi connectivity index (χ4n) is 2.27. The van der Waals surface area contributed by atoms with Crippen molar-refractivity contribution in [2.24, 2.45) is 5.73 Å². The molecule has 2 heterocycles. The van der Waals surface area contributed by atoms with E-state index in [1.165, 1.54) is 13.8 Å². The van der Waals surface area contributed by atoms with Crippen LogP contribution in [-0.2, 0) is 10.3 Å². The number of carboxylic acid groups (broad SMARTS) is 1. The minimum Gasteiger partial charge on any atom is -0.480 e. The zero-order chi connectivity index (χ0) is 16.1. The average molecular weight is 309 g/mol. The third kappa shape index (κ3) is 2.11. The summed E-state index contributed by atoms with van der Waals surface area (Å²) in [6, 6.07) is 0. The van der Waals surface area contributed by atoms with Gasteiger partial charge < -0.3 is 10.8 Å². The van der Waals surface area contributed by atoms with Gasteiger partial charge in [-0.05, 0) is 33.3 Å². The molecular formula is C13H15N3O4S. The Morgan fingerprint density at radius 3 is 2.38 bits per heavy atom. The summed E-state index contributed by atoms with van der Waals surface area (Å²) in [5.41, 5.74) is 3.80. The van der Waals surface area contributed by atoms with Crippen molar-refractivity contribution >= 4 is 33.4 Å². The van der Waals surface area contributed by atoms with E-state index in [2.05, 4.69) is 4.98 Å². The van der Waals surface area contributed by atoms with E-state index in [0.717, 1.165) is 15.9 Å². The lowest BCUT2D eigenvalue weighted by atomic mass is 10.0. The van der Waals surface area contributed by atoms with Crippen molar-refractivity contribution in [2.45, 2.75) is 33.2 Å². The van der Waals surface area contributed by atoms with Crippen LogP contribution in [0.5, 0.6) is 0 Å². The molecule has 0 atom stereocenters. The number of aryl methyl sites for hydroxylation is 2. The van der Waals surface area contributed by atoms with E-state index in [4.69, 9.17) is 5.73 Å². The van der Waals surface area contributed by atoms with E-state index in [1.807, 2.05) is 0 Å². The highest BCUT2D eigenvalue weighted by Crippen LogP contribution is 2.28. The van der Waals surface area contributed by atoms with E-state index >= 15 is 0 Å². The van der Waals surface area contributed by atoms with Gasteiger partial charge in [-0.3, -0.25) is 14.2 Å². The number of rotatable bonds is 3. The largest absolute Gasteiger partial charge is 0.480 e. The third-order valence-electron chi connectivity index (χ3n) is 3.44. The molecule has 0 spiro atoms. The first-order chi connectivity index (χ1) is 9.59. The highest BCUT2D eigenvalue weighted by Gasteiger charge is 2.33. The van der Waals surface area contributed by atoms with E-state index in [1.54, 1.807) is 13.8 Å². The molecule has 0 radical (unpaired) electrons. The molecule has 0 saturated heterocycles. The second kappa shape index (κ2) is 4.66. The summed E-state index contributed by atoms with van der Waals surface area (Å²) in [7, 11) is 0. The van der Waals surface area contributed by atoms with Crippen LogP contribution in [0.3, 0.4) is 0 Å². The van der Waals surface area contributed by atoms with Gasteiger partial charge in [0.2, 0.25) is 0 Å². The van der Waals surface area contributed by atoms with E-state index in [9.17, 15) is 19.5 Å². The maximum atomic E-state index is 12.7. The Kier molecular flexibility index (Phi) is 3.37. The molecule has 2 aromatic heterocycles. The number of carbonyl (C=O) groups excluding carboxylic acids is 1. The molecule has 0 fully saturated rings. The number of nitrogens with zero attached hydrogens (tertiary/aromatic N) is 2. The van der Waals surface area contributed by atoms with Crippen molar-refractivity contribution in [2.75, 3.05) is 0 Å². The van der Waals surface area contributed by atoms with Crippen LogP contribution < -0.4 is 11.3 Å². The molecule has 7 nitrogen and oxygen atoms in total. The van der Waals surface area contributed by atoms with Crippen LogP contribution in [-0.4, -0.2) is 26.5 Å². The van der Waals surface area contributed by atoms with E-state index < -0.39 is 23.0 Å². The number of carboxylic acids is 1. The SMILES string of the molecule is Cc1c(C(N)=O)sc2nc(C)n(C(C)(C)C(=O)O)c(=O)c12. The molecule has 0 saturated carbocycles. The first-order valence-corrected chi connectivity index (χ1v) is 6.97. The Bertz CT molecular complexity index is 832. The summed E-state index contributed by atoms with van der Waals surface area (Å²) < 4.78 is 1.13. The normalized spacial score (nSPS) is 11.8. The Hall–Kier alpha value is -2.22. The number of nitrogens with two attached hydrogens (primary N) is 1. The number of thiophene rings is 1.